The van der Waals surface area contributed by atoms with Gasteiger partial charge in [0.15, 0.2) is 6.23 Å². The summed E-state index contributed by atoms with van der Waals surface area (Å²) < 4.78 is 42.4. The maximum absolute atomic E-state index is 11.8. The van der Waals surface area contributed by atoms with Gasteiger partial charge in [0, 0.05) is 12.3 Å². The van der Waals surface area contributed by atoms with Crippen molar-refractivity contribution in [1.82, 2.24) is 9.55 Å². The highest BCUT2D eigenvalue weighted by Crippen LogP contribution is 2.55. The zero-order valence-corrected chi connectivity index (χ0v) is 18.6. The van der Waals surface area contributed by atoms with Crippen molar-refractivity contribution in [3.63, 3.8) is 0 Å². The van der Waals surface area contributed by atoms with E-state index in [4.69, 9.17) is 10.5 Å². The lowest BCUT2D eigenvalue weighted by molar-refractivity contribution is -0.245. The number of phosphoric acid groups is 2. The maximum atomic E-state index is 11.8. The standard InChI is InChI=1S/C15H27N3O12P2/c16-6-3-1-2-4-8-27-31(23,24)30-32(25,26)28-9-10-12(20)13(21)14(29-10)18-7-5-11(19)17-15(18)22/h5,7,10,12-14,20-21H,1-4,6,8-9,16H2,(H,23,24)(H,25,26)(H,17,19,22)/p-2. The molecule has 0 saturated carbocycles. The predicted octanol–water partition coefficient (Wildman–Crippen LogP) is -2.34. The Morgan fingerprint density at radius 1 is 1.09 bits per heavy atom. The third-order valence-corrected chi connectivity index (χ3v) is 6.97. The monoisotopic (exact) mass is 501 g/mol. The first-order valence-corrected chi connectivity index (χ1v) is 12.5. The average Bonchev–Trinajstić information content (AvgIpc) is 2.97. The van der Waals surface area contributed by atoms with Gasteiger partial charge in [-0.3, -0.25) is 23.5 Å². The summed E-state index contributed by atoms with van der Waals surface area (Å²) in [5.74, 6) is 0. The summed E-state index contributed by atoms with van der Waals surface area (Å²) in [6, 6.07) is 0.970. The summed E-state index contributed by atoms with van der Waals surface area (Å²) in [5, 5.41) is 20.1. The van der Waals surface area contributed by atoms with Gasteiger partial charge in [0.1, 0.15) is 18.3 Å². The van der Waals surface area contributed by atoms with E-state index < -0.39 is 58.0 Å². The summed E-state index contributed by atoms with van der Waals surface area (Å²) in [4.78, 5) is 48.4. The number of ether oxygens (including phenoxy) is 1. The van der Waals surface area contributed by atoms with E-state index >= 15 is 0 Å². The van der Waals surface area contributed by atoms with Crippen molar-refractivity contribution in [3.05, 3.63) is 33.1 Å². The van der Waals surface area contributed by atoms with E-state index in [-0.39, 0.29) is 6.61 Å². The van der Waals surface area contributed by atoms with Gasteiger partial charge in [-0.25, -0.2) is 9.11 Å². The molecule has 15 nitrogen and oxygen atoms in total. The number of nitrogens with one attached hydrogen (secondary N) is 1. The van der Waals surface area contributed by atoms with Crippen LogP contribution < -0.4 is 26.8 Å². The fourth-order valence-electron chi connectivity index (χ4n) is 2.84. The van der Waals surface area contributed by atoms with Crippen LogP contribution in [0.3, 0.4) is 0 Å². The van der Waals surface area contributed by atoms with E-state index in [0.29, 0.717) is 19.4 Å². The Kier molecular flexibility index (Phi) is 9.94. The van der Waals surface area contributed by atoms with Crippen LogP contribution in [0.5, 0.6) is 0 Å². The summed E-state index contributed by atoms with van der Waals surface area (Å²) in [5.41, 5.74) is 3.68. The number of aliphatic hydroxyl groups excluding tert-OH is 2. The first-order valence-electron chi connectivity index (χ1n) is 9.61. The minimum atomic E-state index is -5.44. The van der Waals surface area contributed by atoms with Gasteiger partial charge in [-0.1, -0.05) is 12.8 Å². The van der Waals surface area contributed by atoms with Gasteiger partial charge in [0.05, 0.1) is 13.2 Å². The lowest BCUT2D eigenvalue weighted by atomic mass is 10.1. The number of aromatic nitrogens is 2. The first kappa shape index (κ1) is 27.0. The highest BCUT2D eigenvalue weighted by molar-refractivity contribution is 7.59. The van der Waals surface area contributed by atoms with E-state index in [2.05, 4.69) is 13.4 Å². The normalized spacial score (nSPS) is 27.2. The molecule has 0 bridgehead atoms. The van der Waals surface area contributed by atoms with Crippen molar-refractivity contribution in [2.24, 2.45) is 5.73 Å². The van der Waals surface area contributed by atoms with Crippen molar-refractivity contribution < 1.29 is 47.2 Å². The molecule has 1 fully saturated rings. The lowest BCUT2D eigenvalue weighted by Crippen LogP contribution is -2.37. The van der Waals surface area contributed by atoms with Gasteiger partial charge >= 0.3 is 5.69 Å². The minimum Gasteiger partial charge on any atom is -0.756 e. The van der Waals surface area contributed by atoms with Crippen molar-refractivity contribution in [3.8, 4) is 0 Å². The lowest BCUT2D eigenvalue weighted by Gasteiger charge is -2.31. The first-order chi connectivity index (χ1) is 15.0. The van der Waals surface area contributed by atoms with Crippen molar-refractivity contribution in [1.29, 1.82) is 0 Å². The molecule has 6 atom stereocenters. The number of aromatic amines is 1. The van der Waals surface area contributed by atoms with Crippen LogP contribution in [0, 0.1) is 0 Å². The molecule has 17 heteroatoms. The number of hydrogen-bond donors (Lipinski definition) is 4. The van der Waals surface area contributed by atoms with E-state index in [9.17, 15) is 38.7 Å². The van der Waals surface area contributed by atoms with Crippen LogP contribution in [0.4, 0.5) is 0 Å². The van der Waals surface area contributed by atoms with Crippen LogP contribution in [0.1, 0.15) is 31.9 Å². The van der Waals surface area contributed by atoms with Gasteiger partial charge in [-0.2, -0.15) is 0 Å². The highest BCUT2D eigenvalue weighted by Gasteiger charge is 2.44. The summed E-state index contributed by atoms with van der Waals surface area (Å²) in [7, 11) is -10.7. The number of hydrogen-bond acceptors (Lipinski definition) is 13. The van der Waals surface area contributed by atoms with Gasteiger partial charge in [0.2, 0.25) is 0 Å². The molecule has 1 aliphatic heterocycles. The highest BCUT2D eigenvalue weighted by atomic mass is 31.3. The SMILES string of the molecule is NCCCCCCOP(=O)([O-])OP(=O)([O-])OCC1OC(n2ccc(=O)[nH]c2=O)C(O)C1O. The van der Waals surface area contributed by atoms with Crippen LogP contribution in [-0.4, -0.2) is 57.8 Å². The van der Waals surface area contributed by atoms with E-state index in [0.717, 1.165) is 29.7 Å². The molecule has 0 spiro atoms. The summed E-state index contributed by atoms with van der Waals surface area (Å²) >= 11 is 0. The zero-order chi connectivity index (χ0) is 23.9. The molecule has 184 valence electrons. The molecule has 2 rings (SSSR count). The minimum absolute atomic E-state index is 0.294. The van der Waals surface area contributed by atoms with E-state index in [1.807, 2.05) is 4.98 Å². The summed E-state index contributed by atoms with van der Waals surface area (Å²) in [6.07, 6.45) is -2.85. The Bertz CT molecular complexity index is 952. The van der Waals surface area contributed by atoms with Crippen molar-refractivity contribution in [2.45, 2.75) is 50.2 Å². The van der Waals surface area contributed by atoms with Crippen LogP contribution in [0.2, 0.25) is 0 Å². The largest absolute Gasteiger partial charge is 0.756 e. The van der Waals surface area contributed by atoms with Gasteiger partial charge < -0.3 is 39.5 Å². The van der Waals surface area contributed by atoms with E-state index in [1.54, 1.807) is 0 Å². The van der Waals surface area contributed by atoms with Crippen LogP contribution in [0.25, 0.3) is 0 Å². The quantitative estimate of drug-likeness (QED) is 0.164. The topological polar surface area (TPSA) is 239 Å². The average molecular weight is 501 g/mol. The number of H-pyrrole nitrogens is 1. The van der Waals surface area contributed by atoms with Crippen LogP contribution in [-0.2, 0) is 27.2 Å². The molecule has 1 aliphatic rings. The fraction of sp³-hybridized carbons (Fsp3) is 0.733. The molecular weight excluding hydrogens is 476 g/mol. The number of nitrogens with zero attached hydrogens (tertiary/aromatic N) is 1. The third-order valence-electron chi connectivity index (χ3n) is 4.41. The molecule has 32 heavy (non-hydrogen) atoms. The Hall–Kier alpha value is -1.22. The van der Waals surface area contributed by atoms with Crippen molar-refractivity contribution >= 4 is 15.6 Å². The molecule has 2 heterocycles. The van der Waals surface area contributed by atoms with Crippen LogP contribution in [0.15, 0.2) is 21.9 Å². The second-order valence-electron chi connectivity index (χ2n) is 6.87. The second-order valence-corrected chi connectivity index (χ2v) is 9.83. The smallest absolute Gasteiger partial charge is 0.330 e. The number of rotatable bonds is 13. The molecule has 5 N–H and O–H groups in total. The molecule has 0 aliphatic carbocycles. The fourth-order valence-corrected chi connectivity index (χ4v) is 4.87. The Labute approximate surface area is 181 Å². The third kappa shape index (κ3) is 7.97. The number of aliphatic hydroxyl groups is 2. The molecular formula is C15H25N3O12P2-2. The Morgan fingerprint density at radius 3 is 2.41 bits per heavy atom. The number of nitrogens with two attached hydrogens (primary N) is 1. The van der Waals surface area contributed by atoms with Crippen molar-refractivity contribution in [2.75, 3.05) is 19.8 Å². The summed E-state index contributed by atoms with van der Waals surface area (Å²) in [6.45, 7) is -0.732. The van der Waals surface area contributed by atoms with Crippen LogP contribution >= 0.6 is 15.6 Å². The predicted molar refractivity (Wildman–Crippen MR) is 103 cm³/mol. The molecule has 0 radical (unpaired) electrons. The number of unbranched alkanes of at least 4 members (excludes halogenated alkanes) is 3. The number of phosphoric ester groups is 2. The molecule has 0 aromatic carbocycles. The van der Waals surface area contributed by atoms with Gasteiger partial charge in [-0.15, -0.1) is 0 Å². The Morgan fingerprint density at radius 2 is 1.75 bits per heavy atom. The molecule has 6 unspecified atom stereocenters. The molecule has 1 aromatic rings. The molecule has 1 aromatic heterocycles. The van der Waals surface area contributed by atoms with Gasteiger partial charge in [-0.05, 0) is 19.4 Å². The maximum Gasteiger partial charge on any atom is 0.330 e. The van der Waals surface area contributed by atoms with E-state index in [1.165, 1.54) is 0 Å². The zero-order valence-electron chi connectivity index (χ0n) is 16.8. The Balaban J connectivity index is 1.88. The molecule has 0 amide bonds. The van der Waals surface area contributed by atoms with Gasteiger partial charge in [0.25, 0.3) is 21.2 Å². The second kappa shape index (κ2) is 11.8. The molecule has 1 saturated heterocycles.